The minimum absolute atomic E-state index is 0.0554. The van der Waals surface area contributed by atoms with Crippen LogP contribution in [-0.4, -0.2) is 26.2 Å². The SMILES string of the molecule is COC(=O)C(CC(C)C)(C(=O)OC)C1CCCC1. The summed E-state index contributed by atoms with van der Waals surface area (Å²) < 4.78 is 9.82. The van der Waals surface area contributed by atoms with Gasteiger partial charge in [-0.1, -0.05) is 26.7 Å². The van der Waals surface area contributed by atoms with Gasteiger partial charge < -0.3 is 9.47 Å². The molecule has 1 fully saturated rings. The molecule has 0 heterocycles. The first-order valence-corrected chi connectivity index (χ1v) is 6.65. The molecule has 0 aliphatic heterocycles. The average molecular weight is 256 g/mol. The van der Waals surface area contributed by atoms with Crippen LogP contribution in [0, 0.1) is 17.3 Å². The van der Waals surface area contributed by atoms with Crippen molar-refractivity contribution in [2.24, 2.45) is 17.3 Å². The molecule has 1 aliphatic rings. The molecule has 0 unspecified atom stereocenters. The lowest BCUT2D eigenvalue weighted by Crippen LogP contribution is -2.47. The highest BCUT2D eigenvalue weighted by atomic mass is 16.5. The van der Waals surface area contributed by atoms with Gasteiger partial charge in [0, 0.05) is 0 Å². The minimum atomic E-state index is -1.10. The Balaban J connectivity index is 3.14. The first kappa shape index (κ1) is 15.0. The number of hydrogen-bond acceptors (Lipinski definition) is 4. The van der Waals surface area contributed by atoms with Gasteiger partial charge >= 0.3 is 11.9 Å². The summed E-state index contributed by atoms with van der Waals surface area (Å²) >= 11 is 0. The molecule has 4 heteroatoms. The van der Waals surface area contributed by atoms with Crippen molar-refractivity contribution in [1.82, 2.24) is 0 Å². The van der Waals surface area contributed by atoms with Gasteiger partial charge in [0.25, 0.3) is 0 Å². The smallest absolute Gasteiger partial charge is 0.323 e. The molecule has 1 saturated carbocycles. The van der Waals surface area contributed by atoms with E-state index in [0.717, 1.165) is 25.7 Å². The predicted molar refractivity (Wildman–Crippen MR) is 67.9 cm³/mol. The summed E-state index contributed by atoms with van der Waals surface area (Å²) in [5.74, 6) is -0.575. The second kappa shape index (κ2) is 6.21. The van der Waals surface area contributed by atoms with Crippen LogP contribution in [-0.2, 0) is 19.1 Å². The van der Waals surface area contributed by atoms with E-state index in [0.29, 0.717) is 6.42 Å². The van der Waals surface area contributed by atoms with E-state index in [9.17, 15) is 9.59 Å². The van der Waals surface area contributed by atoms with Crippen LogP contribution in [0.1, 0.15) is 46.0 Å². The molecule has 4 nitrogen and oxygen atoms in total. The largest absolute Gasteiger partial charge is 0.468 e. The minimum Gasteiger partial charge on any atom is -0.468 e. The van der Waals surface area contributed by atoms with E-state index in [4.69, 9.17) is 9.47 Å². The lowest BCUT2D eigenvalue weighted by molar-refractivity contribution is -0.175. The fraction of sp³-hybridized carbons (Fsp3) is 0.857. The maximum atomic E-state index is 12.2. The van der Waals surface area contributed by atoms with Crippen molar-refractivity contribution < 1.29 is 19.1 Å². The van der Waals surface area contributed by atoms with Crippen molar-refractivity contribution >= 4 is 11.9 Å². The Morgan fingerprint density at radius 3 is 1.89 bits per heavy atom. The van der Waals surface area contributed by atoms with Gasteiger partial charge in [0.1, 0.15) is 0 Å². The van der Waals surface area contributed by atoms with Crippen molar-refractivity contribution in [3.63, 3.8) is 0 Å². The number of esters is 2. The molecule has 0 atom stereocenters. The lowest BCUT2D eigenvalue weighted by atomic mass is 9.69. The van der Waals surface area contributed by atoms with E-state index in [1.54, 1.807) is 0 Å². The number of hydrogen-bond donors (Lipinski definition) is 0. The molecular weight excluding hydrogens is 232 g/mol. The predicted octanol–water partition coefficient (Wildman–Crippen LogP) is 2.56. The monoisotopic (exact) mass is 256 g/mol. The van der Waals surface area contributed by atoms with E-state index in [2.05, 4.69) is 0 Å². The van der Waals surface area contributed by atoms with Crippen LogP contribution in [0.5, 0.6) is 0 Å². The van der Waals surface area contributed by atoms with Crippen molar-refractivity contribution in [2.75, 3.05) is 14.2 Å². The molecule has 0 spiro atoms. The normalized spacial score (nSPS) is 16.9. The third-order valence-corrected chi connectivity index (χ3v) is 3.88. The molecule has 104 valence electrons. The number of ether oxygens (including phenoxy) is 2. The molecule has 0 aromatic carbocycles. The van der Waals surface area contributed by atoms with Crippen molar-refractivity contribution in [3.05, 3.63) is 0 Å². The van der Waals surface area contributed by atoms with E-state index >= 15 is 0 Å². The summed E-state index contributed by atoms with van der Waals surface area (Å²) in [6, 6.07) is 0. The standard InChI is InChI=1S/C14H24O4/c1-10(2)9-14(12(15)17-3,13(16)18-4)11-7-5-6-8-11/h10-11H,5-9H2,1-4H3. The second-order valence-corrected chi connectivity index (χ2v) is 5.53. The van der Waals surface area contributed by atoms with Gasteiger partial charge in [0.15, 0.2) is 5.41 Å². The van der Waals surface area contributed by atoms with Gasteiger partial charge in [-0.15, -0.1) is 0 Å². The molecule has 1 aliphatic carbocycles. The Morgan fingerprint density at radius 1 is 1.11 bits per heavy atom. The Kier molecular flexibility index (Phi) is 5.17. The van der Waals surface area contributed by atoms with Crippen LogP contribution in [0.2, 0.25) is 0 Å². The summed E-state index contributed by atoms with van der Waals surface area (Å²) in [7, 11) is 2.69. The molecule has 0 saturated heterocycles. The van der Waals surface area contributed by atoms with Gasteiger partial charge in [-0.25, -0.2) is 0 Å². The Hall–Kier alpha value is -1.06. The molecule has 0 aromatic rings. The molecule has 0 bridgehead atoms. The van der Waals surface area contributed by atoms with Crippen LogP contribution < -0.4 is 0 Å². The average Bonchev–Trinajstić information content (AvgIpc) is 2.87. The molecule has 0 amide bonds. The topological polar surface area (TPSA) is 52.6 Å². The second-order valence-electron chi connectivity index (χ2n) is 5.53. The highest BCUT2D eigenvalue weighted by Crippen LogP contribution is 2.45. The third-order valence-electron chi connectivity index (χ3n) is 3.88. The fourth-order valence-electron chi connectivity index (χ4n) is 3.18. The Labute approximate surface area is 109 Å². The quantitative estimate of drug-likeness (QED) is 0.560. The highest BCUT2D eigenvalue weighted by molar-refractivity contribution is 6.00. The molecular formula is C14H24O4. The zero-order valence-corrected chi connectivity index (χ0v) is 11.8. The van der Waals surface area contributed by atoms with E-state index < -0.39 is 17.4 Å². The number of rotatable bonds is 5. The van der Waals surface area contributed by atoms with E-state index in [1.165, 1.54) is 14.2 Å². The molecule has 0 aromatic heterocycles. The van der Waals surface area contributed by atoms with Gasteiger partial charge in [0.2, 0.25) is 0 Å². The molecule has 18 heavy (non-hydrogen) atoms. The van der Waals surface area contributed by atoms with Crippen LogP contribution in [0.25, 0.3) is 0 Å². The Bertz CT molecular complexity index is 287. The molecule has 1 rings (SSSR count). The summed E-state index contributed by atoms with van der Waals surface area (Å²) in [5.41, 5.74) is -1.10. The summed E-state index contributed by atoms with van der Waals surface area (Å²) in [6.07, 6.45) is 4.43. The van der Waals surface area contributed by atoms with Crippen molar-refractivity contribution in [2.45, 2.75) is 46.0 Å². The van der Waals surface area contributed by atoms with Crippen molar-refractivity contribution in [3.8, 4) is 0 Å². The zero-order chi connectivity index (χ0) is 13.8. The van der Waals surface area contributed by atoms with Crippen LogP contribution in [0.15, 0.2) is 0 Å². The zero-order valence-electron chi connectivity index (χ0n) is 11.8. The van der Waals surface area contributed by atoms with Gasteiger partial charge in [-0.05, 0) is 31.1 Å². The van der Waals surface area contributed by atoms with Gasteiger partial charge in [0.05, 0.1) is 14.2 Å². The van der Waals surface area contributed by atoms with E-state index in [-0.39, 0.29) is 11.8 Å². The highest BCUT2D eigenvalue weighted by Gasteiger charge is 2.54. The van der Waals surface area contributed by atoms with Crippen LogP contribution >= 0.6 is 0 Å². The van der Waals surface area contributed by atoms with Crippen molar-refractivity contribution in [1.29, 1.82) is 0 Å². The van der Waals surface area contributed by atoms with Gasteiger partial charge in [-0.3, -0.25) is 9.59 Å². The number of carbonyl (C=O) groups excluding carboxylic acids is 2. The summed E-state index contributed by atoms with van der Waals surface area (Å²) in [6.45, 7) is 4.02. The van der Waals surface area contributed by atoms with Crippen LogP contribution in [0.4, 0.5) is 0 Å². The summed E-state index contributed by atoms with van der Waals surface area (Å²) in [5, 5.41) is 0. The van der Waals surface area contributed by atoms with Crippen LogP contribution in [0.3, 0.4) is 0 Å². The van der Waals surface area contributed by atoms with Gasteiger partial charge in [-0.2, -0.15) is 0 Å². The third kappa shape index (κ3) is 2.68. The molecule has 0 radical (unpaired) electrons. The molecule has 0 N–H and O–H groups in total. The maximum Gasteiger partial charge on any atom is 0.323 e. The first-order chi connectivity index (χ1) is 8.48. The fourth-order valence-corrected chi connectivity index (χ4v) is 3.18. The first-order valence-electron chi connectivity index (χ1n) is 6.65. The lowest BCUT2D eigenvalue weighted by Gasteiger charge is -2.34. The Morgan fingerprint density at radius 2 is 1.56 bits per heavy atom. The van der Waals surface area contributed by atoms with E-state index in [1.807, 2.05) is 13.8 Å². The maximum absolute atomic E-state index is 12.2. The summed E-state index contributed by atoms with van der Waals surface area (Å²) in [4.78, 5) is 24.5. The number of methoxy groups -OCH3 is 2. The number of carbonyl (C=O) groups is 2.